The predicted octanol–water partition coefficient (Wildman–Crippen LogP) is 4.17. The molecule has 34 heavy (non-hydrogen) atoms. The van der Waals surface area contributed by atoms with Crippen molar-refractivity contribution in [3.8, 4) is 11.5 Å². The number of esters is 1. The van der Waals surface area contributed by atoms with E-state index in [1.54, 1.807) is 54.9 Å². The van der Waals surface area contributed by atoms with Crippen molar-refractivity contribution in [2.24, 2.45) is 5.92 Å². The molecular formula is C23H35BrN2O8. The summed E-state index contributed by atoms with van der Waals surface area (Å²) >= 11 is 3.40. The zero-order valence-electron chi connectivity index (χ0n) is 20.9. The Labute approximate surface area is 209 Å². The van der Waals surface area contributed by atoms with Crippen molar-refractivity contribution in [2.75, 3.05) is 20.8 Å². The highest BCUT2D eigenvalue weighted by molar-refractivity contribution is 9.10. The number of carbonyl (C=O) groups excluding carboxylic acids is 3. The Hall–Kier alpha value is -2.69. The van der Waals surface area contributed by atoms with Crippen LogP contribution in [-0.4, -0.2) is 56.9 Å². The first kappa shape index (κ1) is 29.3. The lowest BCUT2D eigenvalue weighted by atomic mass is 10.1. The summed E-state index contributed by atoms with van der Waals surface area (Å²) in [5.41, 5.74) is 0.116. The van der Waals surface area contributed by atoms with Crippen molar-refractivity contribution in [1.29, 1.82) is 0 Å². The molecule has 0 heterocycles. The minimum absolute atomic E-state index is 0.246. The highest BCUT2D eigenvalue weighted by Crippen LogP contribution is 2.32. The van der Waals surface area contributed by atoms with E-state index in [0.717, 1.165) is 10.0 Å². The van der Waals surface area contributed by atoms with Crippen molar-refractivity contribution in [2.45, 2.75) is 65.9 Å². The number of carbonyl (C=O) groups is 3. The van der Waals surface area contributed by atoms with E-state index in [4.69, 9.17) is 23.7 Å². The Balaban J connectivity index is 2.58. The quantitative estimate of drug-likeness (QED) is 0.331. The number of amides is 2. The Bertz CT molecular complexity index is 854. The van der Waals surface area contributed by atoms with Crippen LogP contribution in [0.4, 0.5) is 9.59 Å². The molecule has 2 atom stereocenters. The van der Waals surface area contributed by atoms with Crippen LogP contribution in [0.2, 0.25) is 0 Å². The molecule has 1 aromatic carbocycles. The third-order valence-corrected chi connectivity index (χ3v) is 4.99. The molecule has 0 aromatic heterocycles. The summed E-state index contributed by atoms with van der Waals surface area (Å²) in [6.07, 6.45) is -2.22. The minimum Gasteiger partial charge on any atom is -0.496 e. The molecule has 2 N–H and O–H groups in total. The number of hydrogen-bond acceptors (Lipinski definition) is 8. The van der Waals surface area contributed by atoms with E-state index in [1.165, 1.54) is 6.92 Å². The zero-order chi connectivity index (χ0) is 26.1. The lowest BCUT2D eigenvalue weighted by molar-refractivity contribution is -0.168. The van der Waals surface area contributed by atoms with Crippen LogP contribution in [0, 0.1) is 5.92 Å². The fourth-order valence-electron chi connectivity index (χ4n) is 2.80. The van der Waals surface area contributed by atoms with Gasteiger partial charge in [0.2, 0.25) is 6.29 Å². The molecule has 1 rings (SSSR count). The van der Waals surface area contributed by atoms with Gasteiger partial charge in [0.15, 0.2) is 0 Å². The van der Waals surface area contributed by atoms with E-state index >= 15 is 0 Å². The number of rotatable bonds is 10. The summed E-state index contributed by atoms with van der Waals surface area (Å²) in [7, 11) is 3.11. The topological polar surface area (TPSA) is 121 Å². The van der Waals surface area contributed by atoms with Gasteiger partial charge >= 0.3 is 18.2 Å². The maximum Gasteiger partial charge on any atom is 0.410 e. The van der Waals surface area contributed by atoms with Gasteiger partial charge in [-0.1, -0.05) is 13.8 Å². The van der Waals surface area contributed by atoms with Gasteiger partial charge in [0.1, 0.15) is 23.1 Å². The van der Waals surface area contributed by atoms with E-state index in [-0.39, 0.29) is 12.5 Å². The molecule has 10 nitrogen and oxygen atoms in total. The minimum atomic E-state index is -1.17. The Morgan fingerprint density at radius 3 is 2.12 bits per heavy atom. The number of methoxy groups -OCH3 is 2. The Kier molecular flexibility index (Phi) is 11.4. The highest BCUT2D eigenvalue weighted by atomic mass is 79.9. The number of hydrogen-bond donors (Lipinski definition) is 2. The van der Waals surface area contributed by atoms with Gasteiger partial charge in [-0.05, 0) is 66.7 Å². The van der Waals surface area contributed by atoms with Crippen LogP contribution in [0.25, 0.3) is 0 Å². The van der Waals surface area contributed by atoms with Crippen LogP contribution in [0.3, 0.4) is 0 Å². The number of nitrogens with one attached hydrogen (secondary N) is 2. The SMILES string of the molecule is COc1cc(CCNC(=O)OC(C)OC(=O)[C@@H](NC(=O)OC(C)(C)C)C(C)C)c(OC)cc1Br. The molecule has 0 aliphatic heterocycles. The van der Waals surface area contributed by atoms with E-state index in [2.05, 4.69) is 26.6 Å². The highest BCUT2D eigenvalue weighted by Gasteiger charge is 2.30. The Morgan fingerprint density at radius 1 is 0.971 bits per heavy atom. The number of ether oxygens (including phenoxy) is 5. The molecule has 0 fully saturated rings. The van der Waals surface area contributed by atoms with Gasteiger partial charge in [-0.3, -0.25) is 0 Å². The first-order valence-corrected chi connectivity index (χ1v) is 11.6. The second kappa shape index (κ2) is 13.3. The normalized spacial score (nSPS) is 12.9. The van der Waals surface area contributed by atoms with Gasteiger partial charge in [0.25, 0.3) is 0 Å². The molecule has 0 aliphatic rings. The maximum atomic E-state index is 12.5. The van der Waals surface area contributed by atoms with E-state index in [1.807, 2.05) is 6.07 Å². The fraction of sp³-hybridized carbons (Fsp3) is 0.609. The zero-order valence-corrected chi connectivity index (χ0v) is 22.5. The van der Waals surface area contributed by atoms with Gasteiger partial charge in [0, 0.05) is 13.5 Å². The van der Waals surface area contributed by atoms with E-state index in [0.29, 0.717) is 17.9 Å². The summed E-state index contributed by atoms with van der Waals surface area (Å²) in [5.74, 6) is 0.257. The third kappa shape index (κ3) is 10.1. The van der Waals surface area contributed by atoms with Gasteiger partial charge < -0.3 is 34.3 Å². The summed E-state index contributed by atoms with van der Waals surface area (Å²) in [5, 5.41) is 5.09. The maximum absolute atomic E-state index is 12.5. The standard InChI is InChI=1S/C23H35BrN2O8/c1-13(2)19(26-22(29)34-23(4,5)6)20(27)32-14(3)33-21(28)25-10-9-15-11-18(31-8)16(24)12-17(15)30-7/h11-14,19H,9-10H2,1-8H3,(H,25,28)(H,26,29)/t14?,19-/m0/s1. The molecule has 0 saturated carbocycles. The van der Waals surface area contributed by atoms with Crippen LogP contribution in [0.1, 0.15) is 47.1 Å². The molecule has 0 spiro atoms. The second-order valence-electron chi connectivity index (χ2n) is 8.75. The van der Waals surface area contributed by atoms with Gasteiger partial charge in [-0.2, -0.15) is 0 Å². The number of benzene rings is 1. The third-order valence-electron chi connectivity index (χ3n) is 4.37. The van der Waals surface area contributed by atoms with Crippen LogP contribution in [0.15, 0.2) is 16.6 Å². The average molecular weight is 547 g/mol. The van der Waals surface area contributed by atoms with E-state index < -0.39 is 36.1 Å². The van der Waals surface area contributed by atoms with Crippen LogP contribution in [0.5, 0.6) is 11.5 Å². The molecule has 1 aromatic rings. The molecule has 0 bridgehead atoms. The molecular weight excluding hydrogens is 512 g/mol. The summed E-state index contributed by atoms with van der Waals surface area (Å²) in [6.45, 7) is 10.3. The van der Waals surface area contributed by atoms with Crippen LogP contribution < -0.4 is 20.1 Å². The lowest BCUT2D eigenvalue weighted by Crippen LogP contribution is -2.48. The van der Waals surface area contributed by atoms with Crippen molar-refractivity contribution in [3.05, 3.63) is 22.2 Å². The summed E-state index contributed by atoms with van der Waals surface area (Å²) in [6, 6.07) is 2.62. The summed E-state index contributed by atoms with van der Waals surface area (Å²) in [4.78, 5) is 36.6. The number of alkyl carbamates (subject to hydrolysis) is 2. The molecule has 0 saturated heterocycles. The largest absolute Gasteiger partial charge is 0.496 e. The van der Waals surface area contributed by atoms with Crippen molar-refractivity contribution in [3.63, 3.8) is 0 Å². The van der Waals surface area contributed by atoms with Crippen LogP contribution in [-0.2, 0) is 25.4 Å². The van der Waals surface area contributed by atoms with Gasteiger partial charge in [-0.15, -0.1) is 0 Å². The van der Waals surface area contributed by atoms with Crippen molar-refractivity contribution >= 4 is 34.1 Å². The smallest absolute Gasteiger partial charge is 0.410 e. The first-order chi connectivity index (χ1) is 15.8. The van der Waals surface area contributed by atoms with Gasteiger partial charge in [-0.25, -0.2) is 14.4 Å². The lowest BCUT2D eigenvalue weighted by Gasteiger charge is -2.25. The molecule has 11 heteroatoms. The molecule has 1 unspecified atom stereocenters. The first-order valence-electron chi connectivity index (χ1n) is 10.8. The van der Waals surface area contributed by atoms with Crippen LogP contribution >= 0.6 is 15.9 Å². The fourth-order valence-corrected chi connectivity index (χ4v) is 3.29. The molecule has 0 aliphatic carbocycles. The molecule has 192 valence electrons. The molecule has 0 radical (unpaired) electrons. The number of halogens is 1. The molecule has 2 amide bonds. The van der Waals surface area contributed by atoms with Gasteiger partial charge in [0.05, 0.1) is 18.7 Å². The van der Waals surface area contributed by atoms with Crippen molar-refractivity contribution in [1.82, 2.24) is 10.6 Å². The summed E-state index contributed by atoms with van der Waals surface area (Å²) < 4.78 is 26.9. The average Bonchev–Trinajstić information content (AvgIpc) is 2.70. The van der Waals surface area contributed by atoms with E-state index in [9.17, 15) is 14.4 Å². The monoisotopic (exact) mass is 546 g/mol. The predicted molar refractivity (Wildman–Crippen MR) is 129 cm³/mol. The van der Waals surface area contributed by atoms with Crippen molar-refractivity contribution < 1.29 is 38.1 Å². The second-order valence-corrected chi connectivity index (χ2v) is 9.61. The Morgan fingerprint density at radius 2 is 1.59 bits per heavy atom.